The Kier molecular flexibility index (Phi) is 10.1. The van der Waals surface area contributed by atoms with Crippen molar-refractivity contribution in [2.24, 2.45) is 0 Å². The summed E-state index contributed by atoms with van der Waals surface area (Å²) in [5.74, 6) is -1.60. The van der Waals surface area contributed by atoms with Gasteiger partial charge in [-0.15, -0.1) is 0 Å². The molecule has 0 unspecified atom stereocenters. The molecule has 2 amide bonds. The van der Waals surface area contributed by atoms with Gasteiger partial charge in [0.25, 0.3) is 5.91 Å². The van der Waals surface area contributed by atoms with Crippen molar-refractivity contribution in [3.63, 3.8) is 0 Å². The lowest BCUT2D eigenvalue weighted by atomic mass is 9.99. The Labute approximate surface area is 302 Å². The van der Waals surface area contributed by atoms with E-state index in [-0.39, 0.29) is 36.8 Å². The summed E-state index contributed by atoms with van der Waals surface area (Å²) in [6.07, 6.45) is -3.49. The molecular formula is C36H41ClF3N7O5. The number of pyridine rings is 1. The number of para-hydroxylation sites is 1. The average molecular weight is 744 g/mol. The van der Waals surface area contributed by atoms with Crippen LogP contribution in [0.2, 0.25) is 5.02 Å². The quantitative estimate of drug-likeness (QED) is 0.287. The van der Waals surface area contributed by atoms with E-state index in [4.69, 9.17) is 16.3 Å². The van der Waals surface area contributed by atoms with Gasteiger partial charge in [-0.1, -0.05) is 29.8 Å². The molecule has 3 fully saturated rings. The van der Waals surface area contributed by atoms with Gasteiger partial charge in [0.2, 0.25) is 0 Å². The number of piperidine rings is 2. The van der Waals surface area contributed by atoms with Gasteiger partial charge in [-0.25, -0.2) is 9.59 Å². The maximum absolute atomic E-state index is 14.0. The number of aromatic amines is 1. The monoisotopic (exact) mass is 743 g/mol. The van der Waals surface area contributed by atoms with Gasteiger partial charge in [0, 0.05) is 76.2 Å². The summed E-state index contributed by atoms with van der Waals surface area (Å²) < 4.78 is 48.8. The minimum Gasteiger partial charge on any atom is -0.506 e. The Morgan fingerprint density at radius 2 is 1.63 bits per heavy atom. The minimum absolute atomic E-state index is 0.00727. The number of likely N-dealkylation sites (N-methyl/N-ethyl adjacent to an activating group) is 1. The zero-order chi connectivity index (χ0) is 36.7. The maximum Gasteiger partial charge on any atom is 0.420 e. The highest BCUT2D eigenvalue weighted by molar-refractivity contribution is 6.32. The number of rotatable bonds is 6. The zero-order valence-electron chi connectivity index (χ0n) is 28.7. The van der Waals surface area contributed by atoms with E-state index in [1.807, 2.05) is 24.3 Å². The van der Waals surface area contributed by atoms with Crippen LogP contribution in [0.5, 0.6) is 5.75 Å². The molecule has 0 aliphatic carbocycles. The molecule has 3 saturated heterocycles. The molecule has 1 atom stereocenters. The third-order valence-corrected chi connectivity index (χ3v) is 11.0. The number of ether oxygens (including phenoxy) is 1. The second-order valence-corrected chi connectivity index (χ2v) is 14.4. The van der Waals surface area contributed by atoms with E-state index >= 15 is 0 Å². The van der Waals surface area contributed by atoms with Crippen molar-refractivity contribution in [1.82, 2.24) is 34.1 Å². The number of amides is 2. The van der Waals surface area contributed by atoms with Gasteiger partial charge in [-0.2, -0.15) is 13.2 Å². The van der Waals surface area contributed by atoms with E-state index < -0.39 is 40.6 Å². The summed E-state index contributed by atoms with van der Waals surface area (Å²) in [4.78, 5) is 56.0. The summed E-state index contributed by atoms with van der Waals surface area (Å²) in [5.41, 5.74) is 0.494. The third-order valence-electron chi connectivity index (χ3n) is 10.8. The lowest BCUT2D eigenvalue weighted by Gasteiger charge is -2.42. The number of halogens is 4. The topological polar surface area (TPSA) is 127 Å². The maximum atomic E-state index is 14.0. The summed E-state index contributed by atoms with van der Waals surface area (Å²) in [7, 11) is 2.09. The molecule has 3 aliphatic heterocycles. The number of fused-ring (bicyclic) bond motifs is 3. The van der Waals surface area contributed by atoms with Crippen molar-refractivity contribution in [3.05, 3.63) is 69.2 Å². The zero-order valence-corrected chi connectivity index (χ0v) is 29.5. The first kappa shape index (κ1) is 36.0. The molecule has 0 bridgehead atoms. The number of H-pyrrole nitrogens is 1. The van der Waals surface area contributed by atoms with Gasteiger partial charge < -0.3 is 29.5 Å². The number of hydrogen-bond donors (Lipinski definition) is 2. The predicted octanol–water partition coefficient (Wildman–Crippen LogP) is 4.88. The summed E-state index contributed by atoms with van der Waals surface area (Å²) in [6.45, 7) is 5.11. The third kappa shape index (κ3) is 7.30. The predicted molar refractivity (Wildman–Crippen MR) is 188 cm³/mol. The number of aromatic hydroxyl groups is 1. The molecule has 0 spiro atoms. The normalized spacial score (nSPS) is 19.4. The fourth-order valence-electron chi connectivity index (χ4n) is 7.81. The standard InChI is InChI=1S/C36H41ClF3N7O5/c1-43-14-16-44(17-15-43)23-6-10-45(11-7-23)33(49)30(20-22-18-26(36(38,39)40)32(48)27(37)19-22)52-35(51)46-12-8-24(9-13-46)47-29-21-41-28-5-3-2-4-25(28)31(29)42-34(47)50/h2-5,18-19,21,23-24,30,48H,6-17,20H2,1H3,(H,42,50)/t30-/m1/s1. The van der Waals surface area contributed by atoms with Crippen molar-refractivity contribution >= 4 is 45.5 Å². The van der Waals surface area contributed by atoms with Crippen molar-refractivity contribution in [2.75, 3.05) is 59.4 Å². The van der Waals surface area contributed by atoms with Crippen LogP contribution in [-0.2, 0) is 22.1 Å². The van der Waals surface area contributed by atoms with E-state index in [9.17, 15) is 32.7 Å². The number of benzene rings is 2. The summed E-state index contributed by atoms with van der Waals surface area (Å²) in [5, 5.41) is 10.3. The second-order valence-electron chi connectivity index (χ2n) is 14.0. The number of phenolic OH excluding ortho intramolecular Hbond substituents is 1. The van der Waals surface area contributed by atoms with Crippen LogP contribution in [0, 0.1) is 0 Å². The van der Waals surface area contributed by atoms with Crippen LogP contribution in [0.4, 0.5) is 18.0 Å². The number of alkyl halides is 3. The van der Waals surface area contributed by atoms with Crippen LogP contribution in [0.15, 0.2) is 47.4 Å². The van der Waals surface area contributed by atoms with E-state index in [2.05, 4.69) is 26.8 Å². The van der Waals surface area contributed by atoms with E-state index in [0.29, 0.717) is 43.0 Å². The Bertz CT molecular complexity index is 2010. The van der Waals surface area contributed by atoms with Gasteiger partial charge >= 0.3 is 18.0 Å². The number of piperazine rings is 1. The van der Waals surface area contributed by atoms with Gasteiger partial charge in [-0.3, -0.25) is 19.2 Å². The van der Waals surface area contributed by atoms with Crippen LogP contribution >= 0.6 is 11.6 Å². The largest absolute Gasteiger partial charge is 0.506 e. The number of hydrogen-bond acceptors (Lipinski definition) is 8. The van der Waals surface area contributed by atoms with E-state index in [0.717, 1.165) is 62.1 Å². The number of imidazole rings is 1. The fraction of sp³-hybridized carbons (Fsp3) is 0.500. The number of aromatic nitrogens is 3. The summed E-state index contributed by atoms with van der Waals surface area (Å²) >= 11 is 6.00. The molecule has 52 heavy (non-hydrogen) atoms. The SMILES string of the molecule is CN1CCN(C2CCN(C(=O)[C@@H](Cc3cc(Cl)c(O)c(C(F)(F)F)c3)OC(=O)N3CCC(n4c(=O)[nH]c5c6ccccc6ncc54)CC3)CC2)CC1. The van der Waals surface area contributed by atoms with Crippen LogP contribution < -0.4 is 5.69 Å². The molecule has 0 saturated carbocycles. The molecule has 0 radical (unpaired) electrons. The lowest BCUT2D eigenvalue weighted by molar-refractivity contribution is -0.142. The number of nitrogens with zero attached hydrogens (tertiary/aromatic N) is 6. The van der Waals surface area contributed by atoms with Crippen molar-refractivity contribution < 1.29 is 32.6 Å². The highest BCUT2D eigenvalue weighted by atomic mass is 35.5. The minimum atomic E-state index is -4.90. The van der Waals surface area contributed by atoms with Crippen LogP contribution in [0.1, 0.15) is 42.9 Å². The van der Waals surface area contributed by atoms with Crippen LogP contribution in [0.3, 0.4) is 0 Å². The lowest BCUT2D eigenvalue weighted by Crippen LogP contribution is -2.54. The Morgan fingerprint density at radius 1 is 0.981 bits per heavy atom. The first-order valence-electron chi connectivity index (χ1n) is 17.6. The number of carbonyl (C=O) groups is 2. The van der Waals surface area contributed by atoms with Gasteiger partial charge in [0.1, 0.15) is 5.75 Å². The first-order chi connectivity index (χ1) is 24.9. The van der Waals surface area contributed by atoms with E-state index in [1.54, 1.807) is 15.7 Å². The van der Waals surface area contributed by atoms with Crippen molar-refractivity contribution in [2.45, 2.75) is 56.5 Å². The molecule has 2 aromatic heterocycles. The molecule has 2 N–H and O–H groups in total. The summed E-state index contributed by atoms with van der Waals surface area (Å²) in [6, 6.07) is 9.49. The molecule has 5 heterocycles. The molecule has 278 valence electrons. The van der Waals surface area contributed by atoms with Gasteiger partial charge in [0.05, 0.1) is 33.3 Å². The van der Waals surface area contributed by atoms with Crippen LogP contribution in [0.25, 0.3) is 21.9 Å². The molecule has 16 heteroatoms. The van der Waals surface area contributed by atoms with Gasteiger partial charge in [0.15, 0.2) is 6.10 Å². The number of nitrogens with one attached hydrogen (secondary N) is 1. The van der Waals surface area contributed by atoms with E-state index in [1.165, 1.54) is 4.90 Å². The smallest absolute Gasteiger partial charge is 0.420 e. The average Bonchev–Trinajstić information content (AvgIpc) is 3.48. The van der Waals surface area contributed by atoms with Crippen LogP contribution in [-0.4, -0.2) is 123 Å². The molecular weight excluding hydrogens is 703 g/mol. The number of likely N-dealkylation sites (tertiary alicyclic amines) is 2. The molecule has 4 aromatic rings. The number of carbonyl (C=O) groups excluding carboxylic acids is 2. The molecule has 2 aromatic carbocycles. The highest BCUT2D eigenvalue weighted by Gasteiger charge is 2.38. The molecule has 7 rings (SSSR count). The Morgan fingerprint density at radius 3 is 2.33 bits per heavy atom. The van der Waals surface area contributed by atoms with Crippen molar-refractivity contribution in [1.29, 1.82) is 0 Å². The highest BCUT2D eigenvalue weighted by Crippen LogP contribution is 2.41. The molecule has 12 nitrogen and oxygen atoms in total. The number of phenols is 1. The first-order valence-corrected chi connectivity index (χ1v) is 18.0. The molecule has 3 aliphatic rings. The van der Waals surface area contributed by atoms with Gasteiger partial charge in [-0.05, 0) is 56.5 Å². The fourth-order valence-corrected chi connectivity index (χ4v) is 8.05. The van der Waals surface area contributed by atoms with Crippen molar-refractivity contribution in [3.8, 4) is 5.75 Å². The second kappa shape index (κ2) is 14.6. The Hall–Kier alpha value is -4.34. The Balaban J connectivity index is 1.06.